The minimum Gasteiger partial charge on any atom is -0.493 e. The van der Waals surface area contributed by atoms with E-state index in [0.29, 0.717) is 24.0 Å². The molecular weight excluding hydrogens is 362 g/mol. The summed E-state index contributed by atoms with van der Waals surface area (Å²) in [5.41, 5.74) is 1.03. The van der Waals surface area contributed by atoms with E-state index in [1.165, 1.54) is 0 Å². The number of benzene rings is 1. The first-order chi connectivity index (χ1) is 11.0. The third-order valence-corrected chi connectivity index (χ3v) is 3.84. The van der Waals surface area contributed by atoms with E-state index in [0.717, 1.165) is 23.0 Å². The number of methoxy groups -OCH3 is 1. The van der Waals surface area contributed by atoms with Gasteiger partial charge >= 0.3 is 0 Å². The summed E-state index contributed by atoms with van der Waals surface area (Å²) in [6.07, 6.45) is 1.05. The van der Waals surface area contributed by atoms with Crippen LogP contribution in [-0.2, 0) is 13.1 Å². The lowest BCUT2D eigenvalue weighted by molar-refractivity contribution is 0.230. The van der Waals surface area contributed by atoms with Crippen LogP contribution in [0.5, 0.6) is 11.5 Å². The van der Waals surface area contributed by atoms with Crippen molar-refractivity contribution in [3.05, 3.63) is 22.2 Å². The summed E-state index contributed by atoms with van der Waals surface area (Å²) in [5, 5.41) is 14.9. The molecule has 1 heterocycles. The number of ether oxygens (including phenoxy) is 2. The van der Waals surface area contributed by atoms with E-state index in [4.69, 9.17) is 9.47 Å². The van der Waals surface area contributed by atoms with Crippen LogP contribution < -0.4 is 14.8 Å². The normalized spacial score (nSPS) is 10.9. The van der Waals surface area contributed by atoms with Gasteiger partial charge in [-0.25, -0.2) is 4.68 Å². The van der Waals surface area contributed by atoms with Gasteiger partial charge in [-0.2, -0.15) is 0 Å². The van der Waals surface area contributed by atoms with Crippen LogP contribution in [0.3, 0.4) is 0 Å². The molecule has 8 heteroatoms. The fraction of sp³-hybridized carbons (Fsp3) is 0.533. The first-order valence-electron chi connectivity index (χ1n) is 7.58. The summed E-state index contributed by atoms with van der Waals surface area (Å²) in [5.74, 6) is 2.07. The quantitative estimate of drug-likeness (QED) is 0.753. The second-order valence-corrected chi connectivity index (χ2v) is 6.19. The molecule has 0 fully saturated rings. The van der Waals surface area contributed by atoms with Gasteiger partial charge in [0.15, 0.2) is 11.5 Å². The van der Waals surface area contributed by atoms with Gasteiger partial charge in [-0.1, -0.05) is 28.0 Å². The van der Waals surface area contributed by atoms with Crippen LogP contribution in [-0.4, -0.2) is 33.4 Å². The molecule has 0 aliphatic heterocycles. The molecule has 2 rings (SSSR count). The highest BCUT2D eigenvalue weighted by atomic mass is 79.9. The van der Waals surface area contributed by atoms with Gasteiger partial charge in [0.1, 0.15) is 0 Å². The Hall–Kier alpha value is -1.83. The summed E-state index contributed by atoms with van der Waals surface area (Å²) in [7, 11) is 1.63. The Labute approximate surface area is 144 Å². The molecule has 0 bridgehead atoms. The minimum absolute atomic E-state index is 0.0819. The van der Waals surface area contributed by atoms with E-state index in [9.17, 15) is 0 Å². The van der Waals surface area contributed by atoms with Crippen molar-refractivity contribution in [1.29, 1.82) is 0 Å². The van der Waals surface area contributed by atoms with Crippen molar-refractivity contribution in [2.45, 2.75) is 46.4 Å². The van der Waals surface area contributed by atoms with Crippen molar-refractivity contribution in [2.75, 3.05) is 12.4 Å². The molecule has 0 aliphatic rings. The van der Waals surface area contributed by atoms with E-state index < -0.39 is 0 Å². The number of tetrazole rings is 1. The molecule has 0 aliphatic carbocycles. The maximum absolute atomic E-state index is 5.76. The predicted molar refractivity (Wildman–Crippen MR) is 91.9 cm³/mol. The summed E-state index contributed by atoms with van der Waals surface area (Å²) >= 11 is 3.58. The summed E-state index contributed by atoms with van der Waals surface area (Å²) in [6.45, 7) is 7.40. The van der Waals surface area contributed by atoms with Gasteiger partial charge < -0.3 is 14.8 Å². The van der Waals surface area contributed by atoms with Crippen molar-refractivity contribution >= 4 is 21.9 Å². The summed E-state index contributed by atoms with van der Waals surface area (Å²) in [4.78, 5) is 0. The molecular formula is C15H22BrN5O2. The Morgan fingerprint density at radius 3 is 2.74 bits per heavy atom. The van der Waals surface area contributed by atoms with Gasteiger partial charge in [0, 0.05) is 17.6 Å². The molecule has 7 nitrogen and oxygen atoms in total. The molecule has 1 N–H and O–H groups in total. The zero-order chi connectivity index (χ0) is 16.8. The van der Waals surface area contributed by atoms with Gasteiger partial charge in [0.2, 0.25) is 5.95 Å². The highest BCUT2D eigenvalue weighted by molar-refractivity contribution is 9.10. The van der Waals surface area contributed by atoms with E-state index in [2.05, 4.69) is 43.7 Å². The Kier molecular flexibility index (Phi) is 6.20. The number of nitrogens with zero attached hydrogens (tertiary/aromatic N) is 4. The molecule has 0 spiro atoms. The van der Waals surface area contributed by atoms with Gasteiger partial charge in [-0.05, 0) is 48.4 Å². The zero-order valence-corrected chi connectivity index (χ0v) is 15.4. The monoisotopic (exact) mass is 383 g/mol. The molecule has 2 aromatic rings. The molecule has 1 aromatic carbocycles. The largest absolute Gasteiger partial charge is 0.493 e. The number of anilines is 1. The summed E-state index contributed by atoms with van der Waals surface area (Å²) in [6, 6.07) is 3.87. The average Bonchev–Trinajstić information content (AvgIpc) is 2.93. The van der Waals surface area contributed by atoms with Crippen LogP contribution in [0.1, 0.15) is 32.8 Å². The predicted octanol–water partition coefficient (Wildman–Crippen LogP) is 3.25. The number of hydrogen-bond donors (Lipinski definition) is 1. The van der Waals surface area contributed by atoms with Crippen molar-refractivity contribution in [1.82, 2.24) is 20.2 Å². The number of aryl methyl sites for hydroxylation is 1. The van der Waals surface area contributed by atoms with Crippen LogP contribution in [0.4, 0.5) is 5.95 Å². The minimum atomic E-state index is 0.0819. The first kappa shape index (κ1) is 17.5. The smallest absolute Gasteiger partial charge is 0.243 e. The summed E-state index contributed by atoms with van der Waals surface area (Å²) < 4.78 is 13.9. The fourth-order valence-electron chi connectivity index (χ4n) is 2.09. The Morgan fingerprint density at radius 2 is 2.09 bits per heavy atom. The second-order valence-electron chi connectivity index (χ2n) is 5.34. The van der Waals surface area contributed by atoms with E-state index in [1.807, 2.05) is 26.0 Å². The van der Waals surface area contributed by atoms with Crippen molar-refractivity contribution in [2.24, 2.45) is 0 Å². The van der Waals surface area contributed by atoms with E-state index >= 15 is 0 Å². The van der Waals surface area contributed by atoms with Crippen molar-refractivity contribution < 1.29 is 9.47 Å². The Morgan fingerprint density at radius 1 is 1.30 bits per heavy atom. The third-order valence-electron chi connectivity index (χ3n) is 3.10. The number of aromatic nitrogens is 4. The number of rotatable bonds is 8. The van der Waals surface area contributed by atoms with Crippen LogP contribution >= 0.6 is 15.9 Å². The topological polar surface area (TPSA) is 74.1 Å². The maximum atomic E-state index is 5.76. The number of nitrogens with one attached hydrogen (secondary N) is 1. The van der Waals surface area contributed by atoms with Crippen molar-refractivity contribution in [3.8, 4) is 11.5 Å². The van der Waals surface area contributed by atoms with Crippen LogP contribution in [0.25, 0.3) is 0 Å². The van der Waals surface area contributed by atoms with Crippen molar-refractivity contribution in [3.63, 3.8) is 0 Å². The van der Waals surface area contributed by atoms with Gasteiger partial charge in [0.25, 0.3) is 0 Å². The standard InChI is InChI=1S/C15H22BrN5O2/c1-5-6-21-15(18-19-20-21)17-9-11-7-13(22-4)14(8-12(11)16)23-10(2)3/h7-8,10H,5-6,9H2,1-4H3,(H,17,18,20). The third kappa shape index (κ3) is 4.57. The molecule has 0 radical (unpaired) electrons. The number of hydrogen-bond acceptors (Lipinski definition) is 6. The average molecular weight is 384 g/mol. The molecule has 0 amide bonds. The highest BCUT2D eigenvalue weighted by Crippen LogP contribution is 2.34. The van der Waals surface area contributed by atoms with Crippen LogP contribution in [0, 0.1) is 0 Å². The molecule has 0 unspecified atom stereocenters. The van der Waals surface area contributed by atoms with E-state index in [-0.39, 0.29) is 6.10 Å². The second kappa shape index (κ2) is 8.14. The molecule has 0 atom stereocenters. The highest BCUT2D eigenvalue weighted by Gasteiger charge is 2.13. The molecule has 126 valence electrons. The zero-order valence-electron chi connectivity index (χ0n) is 13.8. The van der Waals surface area contributed by atoms with Gasteiger partial charge in [0.05, 0.1) is 13.2 Å². The molecule has 23 heavy (non-hydrogen) atoms. The fourth-order valence-corrected chi connectivity index (χ4v) is 2.55. The molecule has 1 aromatic heterocycles. The lowest BCUT2D eigenvalue weighted by Gasteiger charge is -2.16. The number of halogens is 1. The van der Waals surface area contributed by atoms with Crippen LogP contribution in [0.15, 0.2) is 16.6 Å². The molecule has 0 saturated carbocycles. The SMILES string of the molecule is CCCn1nnnc1NCc1cc(OC)c(OC(C)C)cc1Br. The van der Waals surface area contributed by atoms with Gasteiger partial charge in [-0.15, -0.1) is 0 Å². The maximum Gasteiger partial charge on any atom is 0.243 e. The first-order valence-corrected chi connectivity index (χ1v) is 8.37. The Balaban J connectivity index is 2.15. The Bertz CT molecular complexity index is 645. The van der Waals surface area contributed by atoms with Crippen LogP contribution in [0.2, 0.25) is 0 Å². The lowest BCUT2D eigenvalue weighted by Crippen LogP contribution is -2.10. The lowest BCUT2D eigenvalue weighted by atomic mass is 10.2. The molecule has 0 saturated heterocycles. The van der Waals surface area contributed by atoms with E-state index in [1.54, 1.807) is 11.8 Å². The van der Waals surface area contributed by atoms with Gasteiger partial charge in [-0.3, -0.25) is 0 Å².